The highest BCUT2D eigenvalue weighted by molar-refractivity contribution is 5.85. The van der Waals surface area contributed by atoms with Crippen LogP contribution in [0.3, 0.4) is 0 Å². The van der Waals surface area contributed by atoms with Crippen LogP contribution in [0.1, 0.15) is 5.69 Å². The SMILES string of the molecule is Cl.NCCc1ccc[nH]1. The van der Waals surface area contributed by atoms with E-state index in [0.717, 1.165) is 13.0 Å². The smallest absolute Gasteiger partial charge is 0.0159 e. The van der Waals surface area contributed by atoms with Gasteiger partial charge in [0.2, 0.25) is 0 Å². The van der Waals surface area contributed by atoms with Gasteiger partial charge in [0.05, 0.1) is 0 Å². The van der Waals surface area contributed by atoms with E-state index < -0.39 is 0 Å². The van der Waals surface area contributed by atoms with Gasteiger partial charge in [-0.15, -0.1) is 12.4 Å². The second-order valence-corrected chi connectivity index (χ2v) is 1.73. The minimum Gasteiger partial charge on any atom is -0.365 e. The first-order valence-electron chi connectivity index (χ1n) is 2.76. The molecule has 1 heterocycles. The molecule has 0 saturated carbocycles. The van der Waals surface area contributed by atoms with E-state index >= 15 is 0 Å². The zero-order valence-electron chi connectivity index (χ0n) is 5.13. The lowest BCUT2D eigenvalue weighted by molar-refractivity contribution is 0.935. The molecule has 2 nitrogen and oxygen atoms in total. The molecule has 0 saturated heterocycles. The van der Waals surface area contributed by atoms with Gasteiger partial charge in [-0.25, -0.2) is 0 Å². The number of aromatic amines is 1. The van der Waals surface area contributed by atoms with Gasteiger partial charge in [-0.3, -0.25) is 0 Å². The summed E-state index contributed by atoms with van der Waals surface area (Å²) in [6.07, 6.45) is 2.86. The Kier molecular flexibility index (Phi) is 4.18. The molecule has 0 amide bonds. The maximum Gasteiger partial charge on any atom is 0.0159 e. The van der Waals surface area contributed by atoms with Crippen molar-refractivity contribution in [2.45, 2.75) is 6.42 Å². The fourth-order valence-corrected chi connectivity index (χ4v) is 0.679. The molecule has 1 aromatic rings. The summed E-state index contributed by atoms with van der Waals surface area (Å²) in [6, 6.07) is 4.01. The summed E-state index contributed by atoms with van der Waals surface area (Å²) in [5.74, 6) is 0. The molecule has 0 aliphatic heterocycles. The first-order chi connectivity index (χ1) is 3.93. The molecule has 52 valence electrons. The number of aromatic nitrogens is 1. The van der Waals surface area contributed by atoms with E-state index in [1.165, 1.54) is 5.69 Å². The molecule has 0 unspecified atom stereocenters. The van der Waals surface area contributed by atoms with Crippen molar-refractivity contribution in [3.05, 3.63) is 24.0 Å². The number of rotatable bonds is 2. The molecule has 1 aromatic heterocycles. The van der Waals surface area contributed by atoms with Crippen molar-refractivity contribution in [3.8, 4) is 0 Å². The van der Waals surface area contributed by atoms with E-state index in [9.17, 15) is 0 Å². The van der Waals surface area contributed by atoms with Crippen molar-refractivity contribution in [3.63, 3.8) is 0 Å². The molecular formula is C6H11ClN2. The minimum atomic E-state index is 0. The minimum absolute atomic E-state index is 0. The summed E-state index contributed by atoms with van der Waals surface area (Å²) < 4.78 is 0. The van der Waals surface area contributed by atoms with Crippen molar-refractivity contribution < 1.29 is 0 Å². The Balaban J connectivity index is 0.000000640. The molecule has 0 spiro atoms. The number of hydrogen-bond donors (Lipinski definition) is 2. The largest absolute Gasteiger partial charge is 0.365 e. The highest BCUT2D eigenvalue weighted by Gasteiger charge is 1.85. The number of nitrogens with one attached hydrogen (secondary N) is 1. The van der Waals surface area contributed by atoms with Gasteiger partial charge in [-0.2, -0.15) is 0 Å². The molecule has 3 N–H and O–H groups in total. The van der Waals surface area contributed by atoms with Crippen LogP contribution in [0.2, 0.25) is 0 Å². The van der Waals surface area contributed by atoms with E-state index in [1.807, 2.05) is 18.3 Å². The Bertz CT molecular complexity index is 137. The molecule has 9 heavy (non-hydrogen) atoms. The van der Waals surface area contributed by atoms with Gasteiger partial charge in [0.1, 0.15) is 0 Å². The summed E-state index contributed by atoms with van der Waals surface area (Å²) in [7, 11) is 0. The first-order valence-corrected chi connectivity index (χ1v) is 2.76. The van der Waals surface area contributed by atoms with Gasteiger partial charge >= 0.3 is 0 Å². The van der Waals surface area contributed by atoms with Gasteiger partial charge in [0.25, 0.3) is 0 Å². The Hall–Kier alpha value is -0.470. The Morgan fingerprint density at radius 1 is 1.56 bits per heavy atom. The lowest BCUT2D eigenvalue weighted by atomic mass is 10.3. The van der Waals surface area contributed by atoms with E-state index in [4.69, 9.17) is 5.73 Å². The van der Waals surface area contributed by atoms with E-state index in [1.54, 1.807) is 0 Å². The van der Waals surface area contributed by atoms with Crippen LogP contribution in [0.15, 0.2) is 18.3 Å². The number of hydrogen-bond acceptors (Lipinski definition) is 1. The third-order valence-electron chi connectivity index (χ3n) is 1.08. The average molecular weight is 147 g/mol. The fourth-order valence-electron chi connectivity index (χ4n) is 0.679. The van der Waals surface area contributed by atoms with Crippen LogP contribution in [-0.4, -0.2) is 11.5 Å². The van der Waals surface area contributed by atoms with Crippen LogP contribution in [0.25, 0.3) is 0 Å². The average Bonchev–Trinajstić information content (AvgIpc) is 2.19. The molecule has 0 aliphatic carbocycles. The highest BCUT2D eigenvalue weighted by atomic mass is 35.5. The quantitative estimate of drug-likeness (QED) is 0.641. The van der Waals surface area contributed by atoms with Crippen LogP contribution < -0.4 is 5.73 Å². The molecule has 0 aromatic carbocycles. The van der Waals surface area contributed by atoms with Crippen molar-refractivity contribution in [2.75, 3.05) is 6.54 Å². The Morgan fingerprint density at radius 2 is 2.33 bits per heavy atom. The number of H-pyrrole nitrogens is 1. The lowest BCUT2D eigenvalue weighted by Crippen LogP contribution is -2.02. The van der Waals surface area contributed by atoms with Crippen molar-refractivity contribution >= 4 is 12.4 Å². The summed E-state index contributed by atoms with van der Waals surface area (Å²) in [5, 5.41) is 0. The predicted molar refractivity (Wildman–Crippen MR) is 40.8 cm³/mol. The van der Waals surface area contributed by atoms with Crippen LogP contribution in [0.4, 0.5) is 0 Å². The molecule has 0 fully saturated rings. The number of nitrogens with two attached hydrogens (primary N) is 1. The van der Waals surface area contributed by atoms with Gasteiger partial charge < -0.3 is 10.7 Å². The summed E-state index contributed by atoms with van der Waals surface area (Å²) in [4.78, 5) is 3.06. The van der Waals surface area contributed by atoms with Crippen molar-refractivity contribution in [2.24, 2.45) is 5.73 Å². The Morgan fingerprint density at radius 3 is 2.78 bits per heavy atom. The highest BCUT2D eigenvalue weighted by Crippen LogP contribution is 1.92. The predicted octanol–water partition coefficient (Wildman–Crippen LogP) is 0.938. The molecule has 1 rings (SSSR count). The van der Waals surface area contributed by atoms with Crippen LogP contribution in [0, 0.1) is 0 Å². The maximum atomic E-state index is 5.30. The summed E-state index contributed by atoms with van der Waals surface area (Å²) >= 11 is 0. The van der Waals surface area contributed by atoms with E-state index in [0.29, 0.717) is 0 Å². The zero-order valence-corrected chi connectivity index (χ0v) is 5.95. The van der Waals surface area contributed by atoms with Gasteiger partial charge in [-0.1, -0.05) is 0 Å². The van der Waals surface area contributed by atoms with Gasteiger partial charge in [0, 0.05) is 11.9 Å². The van der Waals surface area contributed by atoms with Crippen molar-refractivity contribution in [1.29, 1.82) is 0 Å². The summed E-state index contributed by atoms with van der Waals surface area (Å²) in [5.41, 5.74) is 6.52. The normalized spacial score (nSPS) is 8.56. The monoisotopic (exact) mass is 146 g/mol. The fraction of sp³-hybridized carbons (Fsp3) is 0.333. The Labute approximate surface area is 60.9 Å². The third kappa shape index (κ3) is 2.54. The molecule has 0 atom stereocenters. The number of halogens is 1. The standard InChI is InChI=1S/C6H10N2.ClH/c7-4-3-6-2-1-5-8-6;/h1-2,5,8H,3-4,7H2;1H. The van der Waals surface area contributed by atoms with Crippen LogP contribution in [-0.2, 0) is 6.42 Å². The first kappa shape index (κ1) is 8.53. The molecule has 0 bridgehead atoms. The second kappa shape index (κ2) is 4.41. The van der Waals surface area contributed by atoms with Crippen LogP contribution >= 0.6 is 12.4 Å². The zero-order chi connectivity index (χ0) is 5.82. The molecule has 0 aliphatic rings. The van der Waals surface area contributed by atoms with Crippen molar-refractivity contribution in [1.82, 2.24) is 4.98 Å². The maximum absolute atomic E-state index is 5.30. The topological polar surface area (TPSA) is 41.8 Å². The third-order valence-corrected chi connectivity index (χ3v) is 1.08. The molecular weight excluding hydrogens is 136 g/mol. The lowest BCUT2D eigenvalue weighted by Gasteiger charge is -1.88. The van der Waals surface area contributed by atoms with E-state index in [2.05, 4.69) is 4.98 Å². The molecule has 3 heteroatoms. The van der Waals surface area contributed by atoms with Crippen LogP contribution in [0.5, 0.6) is 0 Å². The summed E-state index contributed by atoms with van der Waals surface area (Å²) in [6.45, 7) is 0.723. The van der Waals surface area contributed by atoms with Gasteiger partial charge in [0.15, 0.2) is 0 Å². The van der Waals surface area contributed by atoms with Gasteiger partial charge in [-0.05, 0) is 25.1 Å². The second-order valence-electron chi connectivity index (χ2n) is 1.73. The molecule has 0 radical (unpaired) electrons. The van der Waals surface area contributed by atoms with E-state index in [-0.39, 0.29) is 12.4 Å².